The maximum absolute atomic E-state index is 6.19. The molecule has 1 nitrogen and oxygen atoms in total. The van der Waals surface area contributed by atoms with Gasteiger partial charge in [-0.25, -0.2) is 0 Å². The molecule has 1 fully saturated rings. The third-order valence-corrected chi connectivity index (χ3v) is 4.12. The van der Waals surface area contributed by atoms with Crippen LogP contribution in [0.4, 0.5) is 0 Å². The molecule has 1 heteroatoms. The molecule has 0 aliphatic heterocycles. The molecule has 0 amide bonds. The average Bonchev–Trinajstić information content (AvgIpc) is 2.25. The molecule has 0 radical (unpaired) electrons. The van der Waals surface area contributed by atoms with Crippen molar-refractivity contribution in [1.29, 1.82) is 0 Å². The smallest absolute Gasteiger partial charge is 0.0243 e. The fourth-order valence-electron chi connectivity index (χ4n) is 2.80. The molecule has 1 aliphatic rings. The van der Waals surface area contributed by atoms with Gasteiger partial charge in [-0.2, -0.15) is 0 Å². The van der Waals surface area contributed by atoms with E-state index < -0.39 is 0 Å². The minimum Gasteiger partial charge on any atom is -0.327 e. The minimum absolute atomic E-state index is 0.299. The van der Waals surface area contributed by atoms with Crippen LogP contribution in [-0.2, 0) is 0 Å². The van der Waals surface area contributed by atoms with E-state index in [9.17, 15) is 0 Å². The van der Waals surface area contributed by atoms with Gasteiger partial charge in [-0.05, 0) is 49.9 Å². The Morgan fingerprint density at radius 1 is 1.19 bits per heavy atom. The highest BCUT2D eigenvalue weighted by Gasteiger charge is 2.31. The Kier molecular flexibility index (Phi) is 4.87. The third-order valence-electron chi connectivity index (χ3n) is 4.12. The topological polar surface area (TPSA) is 26.0 Å². The average molecular weight is 221 g/mol. The van der Waals surface area contributed by atoms with E-state index in [-0.39, 0.29) is 0 Å². The lowest BCUT2D eigenvalue weighted by Crippen LogP contribution is -2.35. The number of nitrogens with two attached hydrogens (primary N) is 1. The Morgan fingerprint density at radius 2 is 1.75 bits per heavy atom. The summed E-state index contributed by atoms with van der Waals surface area (Å²) >= 11 is 0. The van der Waals surface area contributed by atoms with Gasteiger partial charge in [0.25, 0.3) is 0 Å². The van der Waals surface area contributed by atoms with Crippen molar-refractivity contribution in [3.05, 3.63) is 0 Å². The van der Waals surface area contributed by atoms with Crippen molar-refractivity contribution in [1.82, 2.24) is 0 Å². The molecule has 0 saturated heterocycles. The fraction of sp³-hybridized carbons (Fsp3) is 0.867. The van der Waals surface area contributed by atoms with E-state index in [1.807, 2.05) is 6.92 Å². The van der Waals surface area contributed by atoms with Crippen LogP contribution in [0.5, 0.6) is 0 Å². The van der Waals surface area contributed by atoms with Gasteiger partial charge in [0.05, 0.1) is 0 Å². The summed E-state index contributed by atoms with van der Waals surface area (Å²) in [4.78, 5) is 0. The van der Waals surface area contributed by atoms with Crippen LogP contribution in [0.3, 0.4) is 0 Å². The zero-order valence-corrected chi connectivity index (χ0v) is 11.3. The summed E-state index contributed by atoms with van der Waals surface area (Å²) in [5, 5.41) is 0. The fourth-order valence-corrected chi connectivity index (χ4v) is 2.80. The van der Waals surface area contributed by atoms with Crippen LogP contribution in [0.1, 0.15) is 59.8 Å². The van der Waals surface area contributed by atoms with Gasteiger partial charge in [0.1, 0.15) is 0 Å². The van der Waals surface area contributed by atoms with E-state index >= 15 is 0 Å². The lowest BCUT2D eigenvalue weighted by Gasteiger charge is -2.38. The number of hydrogen-bond donors (Lipinski definition) is 1. The molecule has 92 valence electrons. The SMILES string of the molecule is CC#CCC(N)C1CCC(C(C)(C)C)CC1. The summed E-state index contributed by atoms with van der Waals surface area (Å²) in [7, 11) is 0. The molecule has 0 aromatic heterocycles. The number of hydrogen-bond acceptors (Lipinski definition) is 1. The molecule has 0 bridgehead atoms. The molecule has 0 aromatic rings. The van der Waals surface area contributed by atoms with Gasteiger partial charge in [0.2, 0.25) is 0 Å². The van der Waals surface area contributed by atoms with Crippen LogP contribution in [-0.4, -0.2) is 6.04 Å². The molecule has 1 rings (SSSR count). The van der Waals surface area contributed by atoms with Gasteiger partial charge in [-0.15, -0.1) is 11.8 Å². The van der Waals surface area contributed by atoms with E-state index in [0.717, 1.165) is 12.3 Å². The summed E-state index contributed by atoms with van der Waals surface area (Å²) < 4.78 is 0. The highest BCUT2D eigenvalue weighted by atomic mass is 14.6. The second-order valence-corrected chi connectivity index (χ2v) is 6.27. The first-order valence-corrected chi connectivity index (χ1v) is 6.60. The molecule has 1 unspecified atom stereocenters. The van der Waals surface area contributed by atoms with Crippen molar-refractivity contribution in [3.63, 3.8) is 0 Å². The Labute approximate surface area is 101 Å². The van der Waals surface area contributed by atoms with Crippen molar-refractivity contribution in [2.24, 2.45) is 23.0 Å². The first-order chi connectivity index (χ1) is 7.45. The van der Waals surface area contributed by atoms with Crippen molar-refractivity contribution >= 4 is 0 Å². The van der Waals surface area contributed by atoms with E-state index in [2.05, 4.69) is 32.6 Å². The largest absolute Gasteiger partial charge is 0.327 e. The van der Waals surface area contributed by atoms with Crippen LogP contribution in [0, 0.1) is 29.1 Å². The molecule has 0 spiro atoms. The first-order valence-electron chi connectivity index (χ1n) is 6.60. The molecular weight excluding hydrogens is 194 g/mol. The van der Waals surface area contributed by atoms with E-state index in [4.69, 9.17) is 5.73 Å². The predicted octanol–water partition coefficient (Wildman–Crippen LogP) is 3.58. The third kappa shape index (κ3) is 3.83. The highest BCUT2D eigenvalue weighted by molar-refractivity contribution is 4.99. The Morgan fingerprint density at radius 3 is 2.19 bits per heavy atom. The molecule has 2 N–H and O–H groups in total. The summed E-state index contributed by atoms with van der Waals surface area (Å²) in [6.07, 6.45) is 6.17. The second-order valence-electron chi connectivity index (χ2n) is 6.27. The van der Waals surface area contributed by atoms with Gasteiger partial charge >= 0.3 is 0 Å². The van der Waals surface area contributed by atoms with Crippen LogP contribution < -0.4 is 5.73 Å². The second kappa shape index (κ2) is 5.73. The van der Waals surface area contributed by atoms with Crippen LogP contribution in [0.15, 0.2) is 0 Å². The zero-order valence-electron chi connectivity index (χ0n) is 11.3. The number of rotatable bonds is 2. The maximum atomic E-state index is 6.19. The predicted molar refractivity (Wildman–Crippen MR) is 70.9 cm³/mol. The Bertz CT molecular complexity index is 255. The lowest BCUT2D eigenvalue weighted by atomic mass is 9.68. The molecule has 1 aliphatic carbocycles. The minimum atomic E-state index is 0.299. The summed E-state index contributed by atoms with van der Waals surface area (Å²) in [6, 6.07) is 0.299. The van der Waals surface area contributed by atoms with Crippen molar-refractivity contribution in [2.45, 2.75) is 65.8 Å². The maximum Gasteiger partial charge on any atom is 0.0243 e. The summed E-state index contributed by atoms with van der Waals surface area (Å²) in [5.74, 6) is 7.64. The molecule has 0 aromatic carbocycles. The molecule has 16 heavy (non-hydrogen) atoms. The normalized spacial score (nSPS) is 28.1. The molecule has 1 saturated carbocycles. The Hall–Kier alpha value is -0.480. The van der Waals surface area contributed by atoms with Gasteiger partial charge in [0.15, 0.2) is 0 Å². The molecule has 0 heterocycles. The van der Waals surface area contributed by atoms with Gasteiger partial charge in [0, 0.05) is 12.5 Å². The van der Waals surface area contributed by atoms with E-state index in [1.54, 1.807) is 0 Å². The Balaban J connectivity index is 2.39. The summed E-state index contributed by atoms with van der Waals surface area (Å²) in [5.41, 5.74) is 6.66. The van der Waals surface area contributed by atoms with Crippen molar-refractivity contribution in [3.8, 4) is 11.8 Å². The van der Waals surface area contributed by atoms with Crippen LogP contribution in [0.25, 0.3) is 0 Å². The lowest BCUT2D eigenvalue weighted by molar-refractivity contribution is 0.140. The van der Waals surface area contributed by atoms with Crippen molar-refractivity contribution < 1.29 is 0 Å². The van der Waals surface area contributed by atoms with E-state index in [0.29, 0.717) is 17.4 Å². The first kappa shape index (κ1) is 13.6. The van der Waals surface area contributed by atoms with Gasteiger partial charge in [-0.3, -0.25) is 0 Å². The van der Waals surface area contributed by atoms with Crippen LogP contribution >= 0.6 is 0 Å². The van der Waals surface area contributed by atoms with Crippen LogP contribution in [0.2, 0.25) is 0 Å². The van der Waals surface area contributed by atoms with Crippen molar-refractivity contribution in [2.75, 3.05) is 0 Å². The van der Waals surface area contributed by atoms with E-state index in [1.165, 1.54) is 25.7 Å². The van der Waals surface area contributed by atoms with Gasteiger partial charge < -0.3 is 5.73 Å². The monoisotopic (exact) mass is 221 g/mol. The quantitative estimate of drug-likeness (QED) is 0.709. The molecular formula is C15H27N. The summed E-state index contributed by atoms with van der Waals surface area (Å²) in [6.45, 7) is 8.98. The highest BCUT2D eigenvalue weighted by Crippen LogP contribution is 2.40. The molecule has 1 atom stereocenters. The zero-order chi connectivity index (χ0) is 12.2. The standard InChI is InChI=1S/C15H27N/c1-5-6-7-14(16)12-8-10-13(11-9-12)15(2,3)4/h12-14H,7-11,16H2,1-4H3. The van der Waals surface area contributed by atoms with Gasteiger partial charge in [-0.1, -0.05) is 20.8 Å².